The number of ether oxygens (including phenoxy) is 1. The van der Waals surface area contributed by atoms with E-state index in [4.69, 9.17) is 10.5 Å². The Bertz CT molecular complexity index is 276. The van der Waals surface area contributed by atoms with Crippen LogP contribution in [0, 0.1) is 4.91 Å². The van der Waals surface area contributed by atoms with E-state index in [1.165, 1.54) is 0 Å². The molecule has 0 saturated carbocycles. The predicted octanol–water partition coefficient (Wildman–Crippen LogP) is 1.42. The lowest BCUT2D eigenvalue weighted by molar-refractivity contribution is 0.414. The summed E-state index contributed by atoms with van der Waals surface area (Å²) in [6.07, 6.45) is -0.805. The van der Waals surface area contributed by atoms with Crippen LogP contribution in [0.1, 0.15) is 11.7 Å². The average molecular weight is 166 g/mol. The van der Waals surface area contributed by atoms with Crippen molar-refractivity contribution in [2.45, 2.75) is 6.17 Å². The quantitative estimate of drug-likeness (QED) is 0.690. The van der Waals surface area contributed by atoms with E-state index in [2.05, 4.69) is 5.18 Å². The van der Waals surface area contributed by atoms with Crippen LogP contribution in [0.25, 0.3) is 0 Å². The Kier molecular flexibility index (Phi) is 2.76. The van der Waals surface area contributed by atoms with Crippen LogP contribution in [0.15, 0.2) is 29.4 Å². The molecule has 0 aromatic heterocycles. The van der Waals surface area contributed by atoms with Crippen LogP contribution in [0.4, 0.5) is 0 Å². The van der Waals surface area contributed by atoms with Crippen molar-refractivity contribution in [3.63, 3.8) is 0 Å². The van der Waals surface area contributed by atoms with Crippen molar-refractivity contribution < 1.29 is 4.74 Å². The number of benzene rings is 1. The van der Waals surface area contributed by atoms with Gasteiger partial charge in [-0.1, -0.05) is 12.1 Å². The van der Waals surface area contributed by atoms with E-state index in [-0.39, 0.29) is 0 Å². The zero-order valence-corrected chi connectivity index (χ0v) is 6.73. The van der Waals surface area contributed by atoms with Gasteiger partial charge >= 0.3 is 0 Å². The van der Waals surface area contributed by atoms with Gasteiger partial charge in [-0.2, -0.15) is 0 Å². The highest BCUT2D eigenvalue weighted by Gasteiger charge is 2.04. The summed E-state index contributed by atoms with van der Waals surface area (Å²) in [6.45, 7) is 0. The number of nitrogens with zero attached hydrogens (tertiary/aromatic N) is 1. The normalized spacial score (nSPS) is 12.2. The number of methoxy groups -OCH3 is 1. The maximum atomic E-state index is 10.1. The third kappa shape index (κ3) is 1.79. The molecule has 0 heterocycles. The minimum atomic E-state index is -0.805. The number of nitrogens with two attached hydrogens (primary N) is 1. The second kappa shape index (κ2) is 3.82. The molecule has 64 valence electrons. The van der Waals surface area contributed by atoms with E-state index in [0.717, 1.165) is 0 Å². The highest BCUT2D eigenvalue weighted by Crippen LogP contribution is 2.17. The molecule has 4 heteroatoms. The summed E-state index contributed by atoms with van der Waals surface area (Å²) in [6, 6.07) is 6.96. The van der Waals surface area contributed by atoms with Gasteiger partial charge in [-0.3, -0.25) is 0 Å². The molecule has 1 aromatic carbocycles. The highest BCUT2D eigenvalue weighted by atomic mass is 16.5. The number of rotatable bonds is 3. The van der Waals surface area contributed by atoms with Crippen molar-refractivity contribution in [2.24, 2.45) is 10.9 Å². The van der Waals surface area contributed by atoms with E-state index in [1.807, 2.05) is 0 Å². The summed E-state index contributed by atoms with van der Waals surface area (Å²) in [5, 5.41) is 2.71. The molecular formula is C8H10N2O2. The van der Waals surface area contributed by atoms with Crippen molar-refractivity contribution in [3.8, 4) is 5.75 Å². The van der Waals surface area contributed by atoms with Crippen LogP contribution in [-0.4, -0.2) is 7.11 Å². The smallest absolute Gasteiger partial charge is 0.165 e. The van der Waals surface area contributed by atoms with Crippen LogP contribution in [-0.2, 0) is 0 Å². The molecule has 0 saturated heterocycles. The van der Waals surface area contributed by atoms with Gasteiger partial charge in [0, 0.05) is 0 Å². The molecule has 0 aliphatic carbocycles. The fourth-order valence-corrected chi connectivity index (χ4v) is 0.886. The molecular weight excluding hydrogens is 156 g/mol. The molecule has 0 spiro atoms. The Labute approximate surface area is 70.3 Å². The number of hydrogen-bond acceptors (Lipinski definition) is 4. The Morgan fingerprint density at radius 1 is 1.58 bits per heavy atom. The van der Waals surface area contributed by atoms with Gasteiger partial charge in [0.2, 0.25) is 0 Å². The fourth-order valence-electron chi connectivity index (χ4n) is 0.886. The summed E-state index contributed by atoms with van der Waals surface area (Å²) in [5.41, 5.74) is 6.04. The van der Waals surface area contributed by atoms with E-state index in [9.17, 15) is 4.91 Å². The van der Waals surface area contributed by atoms with Crippen molar-refractivity contribution in [1.82, 2.24) is 0 Å². The van der Waals surface area contributed by atoms with Crippen molar-refractivity contribution >= 4 is 0 Å². The predicted molar refractivity (Wildman–Crippen MR) is 45.7 cm³/mol. The molecule has 0 fully saturated rings. The molecule has 0 aliphatic rings. The highest BCUT2D eigenvalue weighted by molar-refractivity contribution is 5.29. The van der Waals surface area contributed by atoms with Crippen LogP contribution in [0.5, 0.6) is 5.75 Å². The van der Waals surface area contributed by atoms with Crippen molar-refractivity contribution in [2.75, 3.05) is 7.11 Å². The number of hydrogen-bond donors (Lipinski definition) is 1. The van der Waals surface area contributed by atoms with Gasteiger partial charge in [-0.05, 0) is 22.9 Å². The lowest BCUT2D eigenvalue weighted by Crippen LogP contribution is -2.05. The summed E-state index contributed by atoms with van der Waals surface area (Å²) in [4.78, 5) is 10.1. The first kappa shape index (κ1) is 8.67. The molecule has 12 heavy (non-hydrogen) atoms. The number of nitroso groups, excluding NO2 is 1. The molecule has 4 nitrogen and oxygen atoms in total. The van der Waals surface area contributed by atoms with E-state index in [0.29, 0.717) is 11.3 Å². The monoisotopic (exact) mass is 166 g/mol. The van der Waals surface area contributed by atoms with Gasteiger partial charge in [0.05, 0.1) is 7.11 Å². The van der Waals surface area contributed by atoms with E-state index < -0.39 is 6.17 Å². The molecule has 1 rings (SSSR count). The molecule has 0 amide bonds. The molecule has 1 atom stereocenters. The Morgan fingerprint density at radius 3 is 2.92 bits per heavy atom. The second-order valence-electron chi connectivity index (χ2n) is 2.33. The zero-order valence-electron chi connectivity index (χ0n) is 6.73. The standard InChI is InChI=1S/C8H10N2O2/c1-12-7-4-2-3-6(5-7)8(9)10-11/h2-5,8H,9H2,1H3/t8-/m1/s1. The van der Waals surface area contributed by atoms with Crippen LogP contribution >= 0.6 is 0 Å². The first-order chi connectivity index (χ1) is 5.77. The van der Waals surface area contributed by atoms with Gasteiger partial charge in [0.15, 0.2) is 6.17 Å². The Hall–Kier alpha value is -1.42. The molecule has 1 aromatic rings. The SMILES string of the molecule is COc1cccc([C@H](N)N=O)c1. The largest absolute Gasteiger partial charge is 0.497 e. The molecule has 0 aliphatic heterocycles. The van der Waals surface area contributed by atoms with E-state index in [1.54, 1.807) is 31.4 Å². The minimum Gasteiger partial charge on any atom is -0.497 e. The van der Waals surface area contributed by atoms with Gasteiger partial charge < -0.3 is 10.5 Å². The lowest BCUT2D eigenvalue weighted by Gasteiger charge is -2.04. The molecule has 0 bridgehead atoms. The lowest BCUT2D eigenvalue weighted by atomic mass is 10.2. The fraction of sp³-hybridized carbons (Fsp3) is 0.250. The van der Waals surface area contributed by atoms with Crippen LogP contribution in [0.3, 0.4) is 0 Å². The third-order valence-electron chi connectivity index (χ3n) is 1.55. The van der Waals surface area contributed by atoms with Gasteiger partial charge in [-0.25, -0.2) is 0 Å². The Morgan fingerprint density at radius 2 is 2.33 bits per heavy atom. The van der Waals surface area contributed by atoms with Crippen molar-refractivity contribution in [3.05, 3.63) is 34.7 Å². The maximum Gasteiger partial charge on any atom is 0.165 e. The average Bonchev–Trinajstić information content (AvgIpc) is 2.17. The molecule has 0 unspecified atom stereocenters. The van der Waals surface area contributed by atoms with Gasteiger partial charge in [-0.15, -0.1) is 4.91 Å². The van der Waals surface area contributed by atoms with E-state index >= 15 is 0 Å². The maximum absolute atomic E-state index is 10.1. The third-order valence-corrected chi connectivity index (χ3v) is 1.55. The topological polar surface area (TPSA) is 64.7 Å². The summed E-state index contributed by atoms with van der Waals surface area (Å²) in [5.74, 6) is 0.673. The summed E-state index contributed by atoms with van der Waals surface area (Å²) in [7, 11) is 1.55. The Balaban J connectivity index is 2.93. The van der Waals surface area contributed by atoms with Crippen LogP contribution in [0.2, 0.25) is 0 Å². The summed E-state index contributed by atoms with van der Waals surface area (Å²) < 4.78 is 4.95. The second-order valence-corrected chi connectivity index (χ2v) is 2.33. The van der Waals surface area contributed by atoms with Crippen molar-refractivity contribution in [1.29, 1.82) is 0 Å². The molecule has 2 N–H and O–H groups in total. The van der Waals surface area contributed by atoms with Gasteiger partial charge in [0.1, 0.15) is 5.75 Å². The molecule has 0 radical (unpaired) electrons. The minimum absolute atomic E-state index is 0.657. The zero-order chi connectivity index (χ0) is 8.97. The first-order valence-corrected chi connectivity index (χ1v) is 3.50. The summed E-state index contributed by atoms with van der Waals surface area (Å²) >= 11 is 0. The van der Waals surface area contributed by atoms with Crippen LogP contribution < -0.4 is 10.5 Å². The first-order valence-electron chi connectivity index (χ1n) is 3.50. The van der Waals surface area contributed by atoms with Gasteiger partial charge in [0.25, 0.3) is 0 Å².